The zero-order chi connectivity index (χ0) is 12.3. The minimum atomic E-state index is -3.65. The smallest absolute Gasteiger partial charge is 0.246 e. The highest BCUT2D eigenvalue weighted by molar-refractivity contribution is 7.89. The maximum Gasteiger partial charge on any atom is 0.246 e. The first kappa shape index (κ1) is 13.1. The van der Waals surface area contributed by atoms with Crippen LogP contribution in [0.5, 0.6) is 0 Å². The fourth-order valence-corrected chi connectivity index (χ4v) is 2.68. The van der Waals surface area contributed by atoms with Gasteiger partial charge < -0.3 is 9.63 Å². The molecule has 6 nitrogen and oxygen atoms in total. The zero-order valence-electron chi connectivity index (χ0n) is 9.52. The third-order valence-corrected chi connectivity index (χ3v) is 3.88. The van der Waals surface area contributed by atoms with E-state index in [2.05, 4.69) is 9.88 Å². The molecule has 7 heteroatoms. The van der Waals surface area contributed by atoms with Crippen LogP contribution in [0.25, 0.3) is 0 Å². The summed E-state index contributed by atoms with van der Waals surface area (Å²) >= 11 is 0. The second-order valence-corrected chi connectivity index (χ2v) is 5.27. The molecule has 0 aliphatic heterocycles. The summed E-state index contributed by atoms with van der Waals surface area (Å²) in [7, 11) is -3.65. The van der Waals surface area contributed by atoms with E-state index in [0.29, 0.717) is 12.1 Å². The van der Waals surface area contributed by atoms with E-state index >= 15 is 0 Å². The van der Waals surface area contributed by atoms with Gasteiger partial charge in [0.15, 0.2) is 5.76 Å². The molecule has 0 aromatic carbocycles. The summed E-state index contributed by atoms with van der Waals surface area (Å²) < 4.78 is 30.8. The van der Waals surface area contributed by atoms with Crippen LogP contribution in [-0.4, -0.2) is 31.3 Å². The first-order valence-corrected chi connectivity index (χ1v) is 6.47. The van der Waals surface area contributed by atoms with Gasteiger partial charge in [-0.3, -0.25) is 0 Å². The predicted molar refractivity (Wildman–Crippen MR) is 57.5 cm³/mol. The highest BCUT2D eigenvalue weighted by Crippen LogP contribution is 2.18. The van der Waals surface area contributed by atoms with Crippen LogP contribution in [0.3, 0.4) is 0 Å². The molecule has 2 N–H and O–H groups in total. The molecule has 0 radical (unpaired) electrons. The number of hydrogen-bond donors (Lipinski definition) is 2. The lowest BCUT2D eigenvalue weighted by Crippen LogP contribution is -2.32. The molecule has 0 aliphatic rings. The monoisotopic (exact) mass is 248 g/mol. The quantitative estimate of drug-likeness (QED) is 0.784. The number of aliphatic hydroxyl groups excluding tert-OH is 1. The fourth-order valence-electron chi connectivity index (χ4n) is 1.28. The Morgan fingerprint density at radius 1 is 1.50 bits per heavy atom. The van der Waals surface area contributed by atoms with Crippen molar-refractivity contribution in [1.82, 2.24) is 9.88 Å². The molecule has 1 aromatic rings. The number of nitrogens with zero attached hydrogens (tertiary/aromatic N) is 1. The summed E-state index contributed by atoms with van der Waals surface area (Å²) in [6.45, 7) is 4.85. The summed E-state index contributed by atoms with van der Waals surface area (Å²) in [5.74, 6) is 0.246. The van der Waals surface area contributed by atoms with Crippen molar-refractivity contribution in [2.75, 3.05) is 6.54 Å². The molecule has 1 aromatic heterocycles. The Morgan fingerprint density at radius 3 is 2.56 bits per heavy atom. The van der Waals surface area contributed by atoms with Crippen LogP contribution < -0.4 is 4.72 Å². The lowest BCUT2D eigenvalue weighted by Gasteiger charge is -2.09. The first-order chi connectivity index (χ1) is 7.38. The molecular formula is C9H16N2O4S. The van der Waals surface area contributed by atoms with Gasteiger partial charge in [0.25, 0.3) is 0 Å². The molecule has 0 amide bonds. The highest BCUT2D eigenvalue weighted by atomic mass is 32.2. The molecule has 0 saturated heterocycles. The average Bonchev–Trinajstić information content (AvgIpc) is 2.55. The Bertz CT molecular complexity index is 433. The van der Waals surface area contributed by atoms with E-state index in [9.17, 15) is 13.5 Å². The number of hydrogen-bond acceptors (Lipinski definition) is 5. The number of aromatic nitrogens is 1. The average molecular weight is 248 g/mol. The highest BCUT2D eigenvalue weighted by Gasteiger charge is 2.24. The van der Waals surface area contributed by atoms with Gasteiger partial charge in [-0.25, -0.2) is 13.1 Å². The standard InChI is InChI=1S/C9H16N2O4S/c1-4-8(12)5-10-16(13,14)9-6(2)11-15-7(9)3/h8,10,12H,4-5H2,1-3H3. The van der Waals surface area contributed by atoms with Crippen LogP contribution >= 0.6 is 0 Å². The maximum absolute atomic E-state index is 11.8. The van der Waals surface area contributed by atoms with Gasteiger partial charge in [0.2, 0.25) is 10.0 Å². The number of nitrogens with one attached hydrogen (secondary N) is 1. The van der Waals surface area contributed by atoms with E-state index in [1.165, 1.54) is 6.92 Å². The first-order valence-electron chi connectivity index (χ1n) is 4.99. The lowest BCUT2D eigenvalue weighted by atomic mass is 10.3. The molecular weight excluding hydrogens is 232 g/mol. The molecule has 1 unspecified atom stereocenters. The molecule has 1 rings (SSSR count). The summed E-state index contributed by atoms with van der Waals surface area (Å²) in [4.78, 5) is 0.0517. The van der Waals surface area contributed by atoms with Gasteiger partial charge in [0.1, 0.15) is 10.6 Å². The largest absolute Gasteiger partial charge is 0.392 e. The Kier molecular flexibility index (Phi) is 4.06. The van der Waals surface area contributed by atoms with Crippen molar-refractivity contribution >= 4 is 10.0 Å². The number of sulfonamides is 1. The molecule has 1 heterocycles. The second kappa shape index (κ2) is 4.94. The summed E-state index contributed by atoms with van der Waals surface area (Å²) in [5.41, 5.74) is 0.316. The van der Waals surface area contributed by atoms with Crippen LogP contribution in [0, 0.1) is 13.8 Å². The molecule has 0 aliphatic carbocycles. The van der Waals surface area contributed by atoms with Crippen LogP contribution in [0.15, 0.2) is 9.42 Å². The van der Waals surface area contributed by atoms with E-state index in [4.69, 9.17) is 4.52 Å². The van der Waals surface area contributed by atoms with E-state index in [0.717, 1.165) is 0 Å². The molecule has 1 atom stereocenters. The molecule has 0 fully saturated rings. The third kappa shape index (κ3) is 2.81. The topological polar surface area (TPSA) is 92.4 Å². The Balaban J connectivity index is 2.87. The zero-order valence-corrected chi connectivity index (χ0v) is 10.3. The van der Waals surface area contributed by atoms with Gasteiger partial charge >= 0.3 is 0 Å². The van der Waals surface area contributed by atoms with Crippen molar-refractivity contribution in [2.45, 2.75) is 38.2 Å². The predicted octanol–water partition coefficient (Wildman–Crippen LogP) is 0.341. The summed E-state index contributed by atoms with van der Waals surface area (Å²) in [5, 5.41) is 12.9. The van der Waals surface area contributed by atoms with E-state index < -0.39 is 16.1 Å². The Morgan fingerprint density at radius 2 is 2.12 bits per heavy atom. The number of rotatable bonds is 5. The van der Waals surface area contributed by atoms with Crippen molar-refractivity contribution in [1.29, 1.82) is 0 Å². The SMILES string of the molecule is CCC(O)CNS(=O)(=O)c1c(C)noc1C. The van der Waals surface area contributed by atoms with Gasteiger partial charge in [-0.05, 0) is 20.3 Å². The van der Waals surface area contributed by atoms with Crippen molar-refractivity contribution in [3.8, 4) is 0 Å². The van der Waals surface area contributed by atoms with Crippen LogP contribution in [-0.2, 0) is 10.0 Å². The van der Waals surface area contributed by atoms with Crippen LogP contribution in [0.1, 0.15) is 24.8 Å². The molecule has 16 heavy (non-hydrogen) atoms. The molecule has 0 spiro atoms. The fraction of sp³-hybridized carbons (Fsp3) is 0.667. The van der Waals surface area contributed by atoms with Crippen molar-refractivity contribution in [3.63, 3.8) is 0 Å². The van der Waals surface area contributed by atoms with Gasteiger partial charge in [0.05, 0.1) is 6.10 Å². The number of aryl methyl sites for hydroxylation is 2. The van der Waals surface area contributed by atoms with Gasteiger partial charge in [0, 0.05) is 6.54 Å². The van der Waals surface area contributed by atoms with Crippen molar-refractivity contribution in [2.24, 2.45) is 0 Å². The van der Waals surface area contributed by atoms with E-state index in [-0.39, 0.29) is 17.2 Å². The van der Waals surface area contributed by atoms with Crippen LogP contribution in [0.2, 0.25) is 0 Å². The summed E-state index contributed by atoms with van der Waals surface area (Å²) in [6, 6.07) is 0. The minimum absolute atomic E-state index is 0.0110. The lowest BCUT2D eigenvalue weighted by molar-refractivity contribution is 0.174. The van der Waals surface area contributed by atoms with E-state index in [1.54, 1.807) is 13.8 Å². The van der Waals surface area contributed by atoms with Gasteiger partial charge in [-0.15, -0.1) is 0 Å². The number of aliphatic hydroxyl groups is 1. The summed E-state index contributed by atoms with van der Waals surface area (Å²) in [6.07, 6.45) is -0.195. The Labute approximate surface area is 94.7 Å². The van der Waals surface area contributed by atoms with Crippen LogP contribution in [0.4, 0.5) is 0 Å². The van der Waals surface area contributed by atoms with Gasteiger partial charge in [-0.2, -0.15) is 0 Å². The maximum atomic E-state index is 11.8. The Hall–Kier alpha value is -0.920. The van der Waals surface area contributed by atoms with Gasteiger partial charge in [-0.1, -0.05) is 12.1 Å². The van der Waals surface area contributed by atoms with Crippen molar-refractivity contribution in [3.05, 3.63) is 11.5 Å². The second-order valence-electron chi connectivity index (χ2n) is 3.57. The minimum Gasteiger partial charge on any atom is -0.392 e. The van der Waals surface area contributed by atoms with E-state index in [1.807, 2.05) is 0 Å². The third-order valence-electron chi connectivity index (χ3n) is 2.22. The normalized spacial score (nSPS) is 14.0. The molecule has 0 saturated carbocycles. The molecule has 92 valence electrons. The molecule has 0 bridgehead atoms. The van der Waals surface area contributed by atoms with Crippen molar-refractivity contribution < 1.29 is 18.0 Å².